The van der Waals surface area contributed by atoms with Crippen molar-refractivity contribution in [2.45, 2.75) is 38.1 Å². The largest absolute Gasteiger partial charge is 1.00 e. The van der Waals surface area contributed by atoms with E-state index >= 15 is 0 Å². The summed E-state index contributed by atoms with van der Waals surface area (Å²) in [5.74, 6) is 0. The van der Waals surface area contributed by atoms with Gasteiger partial charge in [-0.2, -0.15) is 0 Å². The Morgan fingerprint density at radius 3 is 2.15 bits per heavy atom. The van der Waals surface area contributed by atoms with Crippen molar-refractivity contribution in [1.29, 1.82) is 0 Å². The van der Waals surface area contributed by atoms with Gasteiger partial charge in [0.05, 0.1) is 26.7 Å². The Bertz CT molecular complexity index is 133. The summed E-state index contributed by atoms with van der Waals surface area (Å²) in [4.78, 5) is 0. The first-order valence-corrected chi connectivity index (χ1v) is 5.10. The van der Waals surface area contributed by atoms with Gasteiger partial charge in [0.15, 0.2) is 0 Å². The molecule has 0 bridgehead atoms. The van der Waals surface area contributed by atoms with Crippen LogP contribution in [0.4, 0.5) is 0 Å². The molecule has 1 rings (SSSR count). The molecule has 0 aliphatic heterocycles. The van der Waals surface area contributed by atoms with Crippen LogP contribution < -0.4 is 17.0 Å². The first-order chi connectivity index (χ1) is 5.67. The summed E-state index contributed by atoms with van der Waals surface area (Å²) < 4.78 is 1.01. The molecule has 1 aliphatic rings. The van der Waals surface area contributed by atoms with Gasteiger partial charge in [-0.1, -0.05) is 6.42 Å². The first kappa shape index (κ1) is 13.4. The van der Waals surface area contributed by atoms with E-state index < -0.39 is 0 Å². The lowest BCUT2D eigenvalue weighted by Gasteiger charge is -2.39. The fourth-order valence-corrected chi connectivity index (χ4v) is 2.22. The lowest BCUT2D eigenvalue weighted by atomic mass is 9.93. The van der Waals surface area contributed by atoms with Crippen LogP contribution in [0, 0.1) is 0 Å². The van der Waals surface area contributed by atoms with Crippen molar-refractivity contribution in [1.82, 2.24) is 0 Å². The van der Waals surface area contributed by atoms with Gasteiger partial charge in [0.1, 0.15) is 6.54 Å². The molecule has 0 aromatic carbocycles. The molecule has 1 N–H and O–H groups in total. The van der Waals surface area contributed by atoms with Crippen LogP contribution in [0.25, 0.3) is 0 Å². The second kappa shape index (κ2) is 5.99. The summed E-state index contributed by atoms with van der Waals surface area (Å²) >= 11 is 0. The molecule has 0 heterocycles. The van der Waals surface area contributed by atoms with Gasteiger partial charge < -0.3 is 26.6 Å². The summed E-state index contributed by atoms with van der Waals surface area (Å²) in [5, 5.41) is 8.92. The van der Waals surface area contributed by atoms with Crippen molar-refractivity contribution in [3.8, 4) is 0 Å². The number of aliphatic hydroxyl groups is 1. The third-order valence-corrected chi connectivity index (χ3v) is 3.24. The maximum absolute atomic E-state index is 8.92. The molecule has 0 aromatic heterocycles. The van der Waals surface area contributed by atoms with E-state index in [0.29, 0.717) is 6.61 Å². The van der Waals surface area contributed by atoms with E-state index in [0.717, 1.165) is 17.1 Å². The lowest BCUT2D eigenvalue weighted by Crippen LogP contribution is -3.00. The molecular formula is C10H22BrNO. The number of quaternary nitrogens is 1. The molecule has 1 fully saturated rings. The molecule has 80 valence electrons. The summed E-state index contributed by atoms with van der Waals surface area (Å²) in [6, 6.07) is 0.797. The third-order valence-electron chi connectivity index (χ3n) is 3.24. The minimum Gasteiger partial charge on any atom is -1.00 e. The molecule has 1 aliphatic carbocycles. The number of likely N-dealkylation sites (N-methyl/N-ethyl adjacent to an activating group) is 1. The van der Waals surface area contributed by atoms with Crippen LogP contribution in [0.1, 0.15) is 32.1 Å². The highest BCUT2D eigenvalue weighted by Gasteiger charge is 2.28. The van der Waals surface area contributed by atoms with Crippen LogP contribution in [-0.4, -0.2) is 42.9 Å². The van der Waals surface area contributed by atoms with Gasteiger partial charge in [-0.25, -0.2) is 0 Å². The Morgan fingerprint density at radius 2 is 1.69 bits per heavy atom. The standard InChI is InChI=1S/C10H22NO.BrH/c1-11(2,8-9-12)10-6-4-3-5-7-10;/h10,12H,3-9H2,1-2H3;1H/q+1;/p-1. The van der Waals surface area contributed by atoms with Crippen molar-refractivity contribution in [2.24, 2.45) is 0 Å². The number of rotatable bonds is 3. The maximum atomic E-state index is 8.92. The smallest absolute Gasteiger partial charge is 0.102 e. The molecule has 3 heteroatoms. The van der Waals surface area contributed by atoms with Gasteiger partial charge in [0.2, 0.25) is 0 Å². The molecule has 2 nitrogen and oxygen atoms in total. The minimum atomic E-state index is 0. The molecule has 0 atom stereocenters. The second-order valence-electron chi connectivity index (χ2n) is 4.52. The van der Waals surface area contributed by atoms with Gasteiger partial charge in [0.25, 0.3) is 0 Å². The van der Waals surface area contributed by atoms with Crippen molar-refractivity contribution in [3.63, 3.8) is 0 Å². The Hall–Kier alpha value is 0.400. The molecule has 0 amide bonds. The van der Waals surface area contributed by atoms with Crippen molar-refractivity contribution < 1.29 is 26.6 Å². The van der Waals surface area contributed by atoms with E-state index in [2.05, 4.69) is 14.1 Å². The number of hydrogen-bond acceptors (Lipinski definition) is 1. The molecule has 0 radical (unpaired) electrons. The zero-order valence-corrected chi connectivity index (χ0v) is 10.4. The minimum absolute atomic E-state index is 0. The average molecular weight is 252 g/mol. The van der Waals surface area contributed by atoms with Gasteiger partial charge in [-0.3, -0.25) is 0 Å². The summed E-state index contributed by atoms with van der Waals surface area (Å²) in [6.45, 7) is 1.23. The molecule has 13 heavy (non-hydrogen) atoms. The van der Waals surface area contributed by atoms with Crippen LogP contribution in [-0.2, 0) is 0 Å². The first-order valence-electron chi connectivity index (χ1n) is 5.10. The monoisotopic (exact) mass is 251 g/mol. The third kappa shape index (κ3) is 3.96. The van der Waals surface area contributed by atoms with Crippen LogP contribution in [0.2, 0.25) is 0 Å². The second-order valence-corrected chi connectivity index (χ2v) is 4.52. The van der Waals surface area contributed by atoms with Crippen molar-refractivity contribution >= 4 is 0 Å². The SMILES string of the molecule is C[N+](C)(CCO)C1CCCCC1.[Br-]. The van der Waals surface area contributed by atoms with E-state index in [9.17, 15) is 0 Å². The van der Waals surface area contributed by atoms with E-state index in [-0.39, 0.29) is 17.0 Å². The topological polar surface area (TPSA) is 20.2 Å². The maximum Gasteiger partial charge on any atom is 0.102 e. The Morgan fingerprint density at radius 1 is 1.15 bits per heavy atom. The predicted molar refractivity (Wildman–Crippen MR) is 50.9 cm³/mol. The Balaban J connectivity index is 0.00000144. The molecule has 1 saturated carbocycles. The van der Waals surface area contributed by atoms with E-state index in [4.69, 9.17) is 5.11 Å². The number of aliphatic hydroxyl groups excluding tert-OH is 1. The number of halogens is 1. The van der Waals surface area contributed by atoms with Crippen molar-refractivity contribution in [2.75, 3.05) is 27.2 Å². The van der Waals surface area contributed by atoms with E-state index in [1.165, 1.54) is 32.1 Å². The molecule has 0 saturated heterocycles. The van der Waals surface area contributed by atoms with Crippen LogP contribution >= 0.6 is 0 Å². The fourth-order valence-electron chi connectivity index (χ4n) is 2.22. The van der Waals surface area contributed by atoms with Crippen LogP contribution in [0.15, 0.2) is 0 Å². The Kier molecular flexibility index (Phi) is 6.18. The Labute approximate surface area is 92.3 Å². The molecule has 0 unspecified atom stereocenters. The highest BCUT2D eigenvalue weighted by molar-refractivity contribution is 4.65. The normalized spacial score (nSPS) is 19.6. The average Bonchev–Trinajstić information content (AvgIpc) is 2.06. The fraction of sp³-hybridized carbons (Fsp3) is 1.00. The van der Waals surface area contributed by atoms with Crippen molar-refractivity contribution in [3.05, 3.63) is 0 Å². The zero-order chi connectivity index (χ0) is 9.03. The predicted octanol–water partition coefficient (Wildman–Crippen LogP) is -1.61. The number of nitrogens with zero attached hydrogens (tertiary/aromatic N) is 1. The van der Waals surface area contributed by atoms with Crippen LogP contribution in [0.3, 0.4) is 0 Å². The van der Waals surface area contributed by atoms with Gasteiger partial charge in [-0.05, 0) is 25.7 Å². The summed E-state index contributed by atoms with van der Waals surface area (Å²) in [7, 11) is 4.48. The zero-order valence-electron chi connectivity index (χ0n) is 8.80. The van der Waals surface area contributed by atoms with E-state index in [1.54, 1.807) is 0 Å². The number of hydrogen-bond donors (Lipinski definition) is 1. The lowest BCUT2D eigenvalue weighted by molar-refractivity contribution is -0.916. The van der Waals surface area contributed by atoms with Gasteiger partial charge in [0, 0.05) is 0 Å². The molecule has 0 spiro atoms. The van der Waals surface area contributed by atoms with Gasteiger partial charge >= 0.3 is 0 Å². The molecular weight excluding hydrogens is 230 g/mol. The quantitative estimate of drug-likeness (QED) is 0.599. The summed E-state index contributed by atoms with van der Waals surface area (Å²) in [5.41, 5.74) is 0. The summed E-state index contributed by atoms with van der Waals surface area (Å²) in [6.07, 6.45) is 6.89. The van der Waals surface area contributed by atoms with Gasteiger partial charge in [-0.15, -0.1) is 0 Å². The highest BCUT2D eigenvalue weighted by Crippen LogP contribution is 2.25. The van der Waals surface area contributed by atoms with Crippen LogP contribution in [0.5, 0.6) is 0 Å². The molecule has 0 aromatic rings. The van der Waals surface area contributed by atoms with E-state index in [1.807, 2.05) is 0 Å². The highest BCUT2D eigenvalue weighted by atomic mass is 79.9.